The molecule has 0 bridgehead atoms. The van der Waals surface area contributed by atoms with Gasteiger partial charge in [0.15, 0.2) is 6.61 Å². The van der Waals surface area contributed by atoms with E-state index in [0.29, 0.717) is 22.5 Å². The molecule has 2 aromatic carbocycles. The van der Waals surface area contributed by atoms with Crippen molar-refractivity contribution < 1.29 is 14.1 Å². The Morgan fingerprint density at radius 1 is 1.20 bits per heavy atom. The van der Waals surface area contributed by atoms with E-state index in [1.54, 1.807) is 43.3 Å². The molecule has 3 aromatic rings. The van der Waals surface area contributed by atoms with Gasteiger partial charge in [-0.15, -0.1) is 0 Å². The summed E-state index contributed by atoms with van der Waals surface area (Å²) in [5, 5.41) is 7.32. The molecule has 6 nitrogen and oxygen atoms in total. The number of rotatable bonds is 6. The lowest BCUT2D eigenvalue weighted by molar-refractivity contribution is -0.123. The molecule has 7 heteroatoms. The van der Waals surface area contributed by atoms with Crippen molar-refractivity contribution in [2.75, 3.05) is 6.61 Å². The molecule has 128 valence electrons. The third-order valence-electron chi connectivity index (χ3n) is 3.41. The Hall–Kier alpha value is -2.86. The Morgan fingerprint density at radius 2 is 1.92 bits per heavy atom. The van der Waals surface area contributed by atoms with Gasteiger partial charge in [-0.25, -0.2) is 0 Å². The minimum Gasteiger partial charge on any atom is -0.484 e. The maximum absolute atomic E-state index is 12.0. The van der Waals surface area contributed by atoms with Crippen LogP contribution in [0.4, 0.5) is 0 Å². The van der Waals surface area contributed by atoms with Crippen LogP contribution >= 0.6 is 11.6 Å². The fourth-order valence-electron chi connectivity index (χ4n) is 2.14. The molecule has 0 saturated heterocycles. The number of benzene rings is 2. The summed E-state index contributed by atoms with van der Waals surface area (Å²) >= 11 is 5.86. The Kier molecular flexibility index (Phi) is 5.30. The first-order valence-electron chi connectivity index (χ1n) is 7.68. The highest BCUT2D eigenvalue weighted by Crippen LogP contribution is 2.20. The smallest absolute Gasteiger partial charge is 0.258 e. The van der Waals surface area contributed by atoms with Crippen molar-refractivity contribution in [2.24, 2.45) is 0 Å². The number of amides is 1. The Morgan fingerprint density at radius 3 is 2.64 bits per heavy atom. The number of carbonyl (C=O) groups is 1. The molecule has 0 saturated carbocycles. The van der Waals surface area contributed by atoms with Crippen LogP contribution in [-0.2, 0) is 4.79 Å². The highest BCUT2D eigenvalue weighted by atomic mass is 35.5. The maximum atomic E-state index is 12.0. The molecule has 1 heterocycles. The predicted octanol–water partition coefficient (Wildman–Crippen LogP) is 3.65. The molecule has 0 fully saturated rings. The lowest BCUT2D eigenvalue weighted by Gasteiger charge is -2.10. The molecule has 0 spiro atoms. The number of halogens is 1. The molecule has 0 aliphatic heterocycles. The number of carbonyl (C=O) groups excluding carboxylic acids is 1. The molecule has 1 aromatic heterocycles. The minimum absolute atomic E-state index is 0.0907. The normalized spacial score (nSPS) is 11.8. The lowest BCUT2D eigenvalue weighted by atomic mass is 10.2. The molecular weight excluding hydrogens is 342 g/mol. The van der Waals surface area contributed by atoms with Crippen molar-refractivity contribution in [1.29, 1.82) is 0 Å². The summed E-state index contributed by atoms with van der Waals surface area (Å²) in [5.74, 6) is 1.11. The molecule has 25 heavy (non-hydrogen) atoms. The molecule has 1 N–H and O–H groups in total. The monoisotopic (exact) mass is 357 g/mol. The van der Waals surface area contributed by atoms with Crippen molar-refractivity contribution in [1.82, 2.24) is 15.5 Å². The zero-order valence-electron chi connectivity index (χ0n) is 13.5. The topological polar surface area (TPSA) is 77.2 Å². The van der Waals surface area contributed by atoms with Crippen molar-refractivity contribution in [3.05, 3.63) is 65.5 Å². The molecule has 3 rings (SSSR count). The largest absolute Gasteiger partial charge is 0.484 e. The van der Waals surface area contributed by atoms with Crippen LogP contribution in [-0.4, -0.2) is 22.7 Å². The van der Waals surface area contributed by atoms with E-state index in [0.717, 1.165) is 5.56 Å². The van der Waals surface area contributed by atoms with Gasteiger partial charge in [0.2, 0.25) is 11.7 Å². The summed E-state index contributed by atoms with van der Waals surface area (Å²) in [5.41, 5.74) is 0.783. The number of hydrogen-bond donors (Lipinski definition) is 1. The first-order valence-corrected chi connectivity index (χ1v) is 8.06. The SMILES string of the molecule is CC(NC(=O)COc1ccccc1)c1nc(-c2ccc(Cl)cc2)no1. The van der Waals surface area contributed by atoms with Gasteiger partial charge in [-0.3, -0.25) is 4.79 Å². The van der Waals surface area contributed by atoms with Crippen molar-refractivity contribution >= 4 is 17.5 Å². The van der Waals surface area contributed by atoms with Crippen LogP contribution in [0.2, 0.25) is 5.02 Å². The van der Waals surface area contributed by atoms with Gasteiger partial charge in [0.25, 0.3) is 5.91 Å². The Bertz CT molecular complexity index is 834. The van der Waals surface area contributed by atoms with E-state index < -0.39 is 6.04 Å². The summed E-state index contributed by atoms with van der Waals surface area (Å²) in [6.07, 6.45) is 0. The zero-order valence-corrected chi connectivity index (χ0v) is 14.2. The van der Waals surface area contributed by atoms with Gasteiger partial charge in [-0.1, -0.05) is 35.0 Å². The van der Waals surface area contributed by atoms with Gasteiger partial charge in [0.05, 0.1) is 0 Å². The quantitative estimate of drug-likeness (QED) is 0.728. The number of ether oxygens (including phenoxy) is 1. The summed E-state index contributed by atoms with van der Waals surface area (Å²) in [6, 6.07) is 15.8. The fourth-order valence-corrected chi connectivity index (χ4v) is 2.26. The van der Waals surface area contributed by atoms with E-state index in [9.17, 15) is 4.79 Å². The first-order chi connectivity index (χ1) is 12.1. The second-order valence-electron chi connectivity index (χ2n) is 5.35. The molecule has 1 unspecified atom stereocenters. The highest BCUT2D eigenvalue weighted by molar-refractivity contribution is 6.30. The van der Waals surface area contributed by atoms with Crippen molar-refractivity contribution in [2.45, 2.75) is 13.0 Å². The Balaban J connectivity index is 1.57. The van der Waals surface area contributed by atoms with Gasteiger partial charge >= 0.3 is 0 Å². The van der Waals surface area contributed by atoms with Crippen LogP contribution in [0.1, 0.15) is 18.9 Å². The van der Waals surface area contributed by atoms with E-state index in [-0.39, 0.29) is 12.5 Å². The highest BCUT2D eigenvalue weighted by Gasteiger charge is 2.17. The molecular formula is C18H16ClN3O3. The second-order valence-corrected chi connectivity index (χ2v) is 5.79. The number of aromatic nitrogens is 2. The first kappa shape index (κ1) is 17.0. The van der Waals surface area contributed by atoms with Gasteiger partial charge in [0, 0.05) is 10.6 Å². The third kappa shape index (κ3) is 4.58. The maximum Gasteiger partial charge on any atom is 0.258 e. The van der Waals surface area contributed by atoms with Crippen LogP contribution in [0.25, 0.3) is 11.4 Å². The van der Waals surface area contributed by atoms with Crippen LogP contribution in [0.15, 0.2) is 59.1 Å². The second kappa shape index (κ2) is 7.81. The number of hydrogen-bond acceptors (Lipinski definition) is 5. The van der Waals surface area contributed by atoms with Crippen LogP contribution in [0.3, 0.4) is 0 Å². The summed E-state index contributed by atoms with van der Waals surface area (Å²) < 4.78 is 10.6. The number of nitrogens with zero attached hydrogens (tertiary/aromatic N) is 2. The Labute approximate surface area is 149 Å². The van der Waals surface area contributed by atoms with Crippen LogP contribution in [0, 0.1) is 0 Å². The van der Waals surface area contributed by atoms with Gasteiger partial charge < -0.3 is 14.6 Å². The summed E-state index contributed by atoms with van der Waals surface area (Å²) in [7, 11) is 0. The molecule has 0 aliphatic carbocycles. The van der Waals surface area contributed by atoms with E-state index in [1.165, 1.54) is 0 Å². The van der Waals surface area contributed by atoms with E-state index >= 15 is 0 Å². The minimum atomic E-state index is -0.430. The van der Waals surface area contributed by atoms with Crippen molar-refractivity contribution in [3.8, 4) is 17.1 Å². The fraction of sp³-hybridized carbons (Fsp3) is 0.167. The number of nitrogens with one attached hydrogen (secondary N) is 1. The van der Waals surface area contributed by atoms with Crippen molar-refractivity contribution in [3.63, 3.8) is 0 Å². The van der Waals surface area contributed by atoms with Gasteiger partial charge in [0.1, 0.15) is 11.8 Å². The summed E-state index contributed by atoms with van der Waals surface area (Å²) in [6.45, 7) is 1.67. The molecule has 1 atom stereocenters. The zero-order chi connectivity index (χ0) is 17.6. The van der Waals surface area contributed by atoms with E-state index in [1.807, 2.05) is 18.2 Å². The van der Waals surface area contributed by atoms with Crippen LogP contribution in [0.5, 0.6) is 5.75 Å². The van der Waals surface area contributed by atoms with Crippen LogP contribution < -0.4 is 10.1 Å². The lowest BCUT2D eigenvalue weighted by Crippen LogP contribution is -2.31. The van der Waals surface area contributed by atoms with E-state index in [2.05, 4.69) is 15.5 Å². The molecule has 0 radical (unpaired) electrons. The molecule has 1 amide bonds. The molecule has 0 aliphatic rings. The third-order valence-corrected chi connectivity index (χ3v) is 3.66. The van der Waals surface area contributed by atoms with Gasteiger partial charge in [-0.2, -0.15) is 4.98 Å². The predicted molar refractivity (Wildman–Crippen MR) is 93.2 cm³/mol. The van der Waals surface area contributed by atoms with E-state index in [4.69, 9.17) is 20.9 Å². The average Bonchev–Trinajstić information content (AvgIpc) is 3.12. The average molecular weight is 358 g/mol. The number of para-hydroxylation sites is 1. The standard InChI is InChI=1S/C18H16ClN3O3/c1-12(20-16(23)11-24-15-5-3-2-4-6-15)18-21-17(22-25-18)13-7-9-14(19)10-8-13/h2-10,12H,11H2,1H3,(H,20,23). The van der Waals surface area contributed by atoms with Gasteiger partial charge in [-0.05, 0) is 43.3 Å². The summed E-state index contributed by atoms with van der Waals surface area (Å²) in [4.78, 5) is 16.3.